The fourth-order valence-corrected chi connectivity index (χ4v) is 2.51. The van der Waals surface area contributed by atoms with Crippen molar-refractivity contribution < 1.29 is 4.79 Å². The van der Waals surface area contributed by atoms with Gasteiger partial charge in [-0.05, 0) is 19.1 Å². The van der Waals surface area contributed by atoms with Crippen LogP contribution in [0.4, 0.5) is 5.69 Å². The van der Waals surface area contributed by atoms with Gasteiger partial charge in [-0.2, -0.15) is 0 Å². The van der Waals surface area contributed by atoms with Crippen molar-refractivity contribution in [1.82, 2.24) is 5.32 Å². The summed E-state index contributed by atoms with van der Waals surface area (Å²) in [6.45, 7) is 3.47. The van der Waals surface area contributed by atoms with Crippen molar-refractivity contribution in [3.63, 3.8) is 0 Å². The first kappa shape index (κ1) is 13.2. The van der Waals surface area contributed by atoms with Crippen molar-refractivity contribution in [2.75, 3.05) is 18.4 Å². The van der Waals surface area contributed by atoms with Crippen molar-refractivity contribution in [3.8, 4) is 0 Å². The lowest BCUT2D eigenvalue weighted by Crippen LogP contribution is -2.26. The molecule has 1 aliphatic heterocycles. The number of rotatable bonds is 3. The number of nitrogens with zero attached hydrogens (tertiary/aromatic N) is 1. The molecule has 1 aromatic carbocycles. The summed E-state index contributed by atoms with van der Waals surface area (Å²) < 4.78 is 0. The van der Waals surface area contributed by atoms with Gasteiger partial charge in [0.05, 0.1) is 22.5 Å². The highest BCUT2D eigenvalue weighted by atomic mass is 35.5. The highest BCUT2D eigenvalue weighted by molar-refractivity contribution is 8.14. The Kier molecular flexibility index (Phi) is 4.49. The summed E-state index contributed by atoms with van der Waals surface area (Å²) in [5.74, 6) is -0.0792. The number of thioether (sulfide) groups is 1. The topological polar surface area (TPSA) is 53.5 Å². The second kappa shape index (κ2) is 6.11. The van der Waals surface area contributed by atoms with Gasteiger partial charge in [0.25, 0.3) is 0 Å². The molecule has 1 amide bonds. The number of aliphatic imine (C=N–C) groups is 1. The fraction of sp³-hybridized carbons (Fsp3) is 0.333. The van der Waals surface area contributed by atoms with Crippen LogP contribution in [0.3, 0.4) is 0 Å². The molecule has 0 aromatic heterocycles. The van der Waals surface area contributed by atoms with E-state index in [1.165, 1.54) is 11.8 Å². The summed E-state index contributed by atoms with van der Waals surface area (Å²) in [5.41, 5.74) is 0.637. The Bertz CT molecular complexity index is 478. The molecule has 0 radical (unpaired) electrons. The molecular weight excluding hydrogens is 270 g/mol. The number of benzene rings is 1. The molecule has 0 fully saturated rings. The SMILES string of the molecule is CC(SC1=NCCN1)C(=O)Nc1ccccc1Cl. The van der Waals surface area contributed by atoms with Gasteiger partial charge in [-0.3, -0.25) is 9.79 Å². The Labute approximate surface area is 115 Å². The van der Waals surface area contributed by atoms with Crippen LogP contribution in [0.25, 0.3) is 0 Å². The molecule has 2 rings (SSSR count). The first-order chi connectivity index (χ1) is 8.66. The zero-order chi connectivity index (χ0) is 13.0. The first-order valence-corrected chi connectivity index (χ1v) is 6.93. The van der Waals surface area contributed by atoms with E-state index in [1.807, 2.05) is 19.1 Å². The Morgan fingerprint density at radius 2 is 2.33 bits per heavy atom. The Balaban J connectivity index is 1.93. The molecule has 0 saturated heterocycles. The third-order valence-corrected chi connectivity index (χ3v) is 3.83. The Morgan fingerprint density at radius 3 is 3.00 bits per heavy atom. The molecule has 1 aromatic rings. The number of para-hydroxylation sites is 1. The normalized spacial score (nSPS) is 15.8. The highest BCUT2D eigenvalue weighted by Crippen LogP contribution is 2.22. The van der Waals surface area contributed by atoms with Gasteiger partial charge in [0.1, 0.15) is 0 Å². The van der Waals surface area contributed by atoms with E-state index >= 15 is 0 Å². The summed E-state index contributed by atoms with van der Waals surface area (Å²) in [4.78, 5) is 16.2. The van der Waals surface area contributed by atoms with Crippen LogP contribution in [0, 0.1) is 0 Å². The zero-order valence-corrected chi connectivity index (χ0v) is 11.5. The van der Waals surface area contributed by atoms with Gasteiger partial charge in [0.15, 0.2) is 5.17 Å². The van der Waals surface area contributed by atoms with E-state index in [9.17, 15) is 4.79 Å². The summed E-state index contributed by atoms with van der Waals surface area (Å²) in [5, 5.41) is 7.09. The maximum Gasteiger partial charge on any atom is 0.237 e. The number of halogens is 1. The molecule has 96 valence electrons. The van der Waals surface area contributed by atoms with Crippen LogP contribution < -0.4 is 10.6 Å². The van der Waals surface area contributed by atoms with Crippen LogP contribution in [-0.4, -0.2) is 29.4 Å². The first-order valence-electron chi connectivity index (χ1n) is 5.67. The van der Waals surface area contributed by atoms with Crippen LogP contribution in [0.5, 0.6) is 0 Å². The highest BCUT2D eigenvalue weighted by Gasteiger charge is 2.18. The fourth-order valence-electron chi connectivity index (χ4n) is 1.47. The molecule has 1 aliphatic rings. The lowest BCUT2D eigenvalue weighted by Gasteiger charge is -2.12. The summed E-state index contributed by atoms with van der Waals surface area (Å²) in [6.07, 6.45) is 0. The lowest BCUT2D eigenvalue weighted by molar-refractivity contribution is -0.115. The predicted molar refractivity (Wildman–Crippen MR) is 77.4 cm³/mol. The molecule has 4 nitrogen and oxygen atoms in total. The van der Waals surface area contributed by atoms with E-state index in [0.29, 0.717) is 10.7 Å². The Morgan fingerprint density at radius 1 is 1.56 bits per heavy atom. The van der Waals surface area contributed by atoms with Gasteiger partial charge in [0.2, 0.25) is 5.91 Å². The number of anilines is 1. The maximum absolute atomic E-state index is 12.0. The number of hydrogen-bond acceptors (Lipinski definition) is 4. The smallest absolute Gasteiger partial charge is 0.237 e. The second-order valence-corrected chi connectivity index (χ2v) is 5.58. The van der Waals surface area contributed by atoms with Gasteiger partial charge in [0, 0.05) is 6.54 Å². The number of hydrogen-bond donors (Lipinski definition) is 2. The van der Waals surface area contributed by atoms with Crippen LogP contribution in [0.1, 0.15) is 6.92 Å². The van der Waals surface area contributed by atoms with E-state index in [2.05, 4.69) is 15.6 Å². The van der Waals surface area contributed by atoms with E-state index in [4.69, 9.17) is 11.6 Å². The molecule has 0 aliphatic carbocycles. The van der Waals surface area contributed by atoms with Crippen molar-refractivity contribution in [3.05, 3.63) is 29.3 Å². The molecule has 1 heterocycles. The summed E-state index contributed by atoms with van der Waals surface area (Å²) >= 11 is 7.41. The standard InChI is InChI=1S/C12H14ClN3OS/c1-8(18-12-14-6-7-15-12)11(17)16-10-5-3-2-4-9(10)13/h2-5,8H,6-7H2,1H3,(H,14,15)(H,16,17). The van der Waals surface area contributed by atoms with Gasteiger partial charge < -0.3 is 10.6 Å². The molecule has 1 unspecified atom stereocenters. The number of nitrogens with one attached hydrogen (secondary N) is 2. The van der Waals surface area contributed by atoms with Crippen LogP contribution in [-0.2, 0) is 4.79 Å². The lowest BCUT2D eigenvalue weighted by atomic mass is 10.3. The van der Waals surface area contributed by atoms with Gasteiger partial charge in [-0.25, -0.2) is 0 Å². The van der Waals surface area contributed by atoms with E-state index in [1.54, 1.807) is 12.1 Å². The molecular formula is C12H14ClN3OS. The molecule has 1 atom stereocenters. The maximum atomic E-state index is 12.0. The number of amidine groups is 1. The third-order valence-electron chi connectivity index (χ3n) is 2.43. The number of carbonyl (C=O) groups is 1. The molecule has 0 bridgehead atoms. The average molecular weight is 284 g/mol. The monoisotopic (exact) mass is 283 g/mol. The van der Waals surface area contributed by atoms with Gasteiger partial charge in [-0.15, -0.1) is 0 Å². The van der Waals surface area contributed by atoms with Crippen molar-refractivity contribution >= 4 is 40.1 Å². The van der Waals surface area contributed by atoms with E-state index < -0.39 is 0 Å². The van der Waals surface area contributed by atoms with Crippen LogP contribution in [0.2, 0.25) is 5.02 Å². The summed E-state index contributed by atoms with van der Waals surface area (Å²) in [7, 11) is 0. The van der Waals surface area contributed by atoms with Crippen molar-refractivity contribution in [2.45, 2.75) is 12.2 Å². The Hall–Kier alpha value is -1.20. The minimum atomic E-state index is -0.217. The molecule has 6 heteroatoms. The quantitative estimate of drug-likeness (QED) is 0.895. The zero-order valence-electron chi connectivity index (χ0n) is 9.94. The van der Waals surface area contributed by atoms with Crippen molar-refractivity contribution in [2.24, 2.45) is 4.99 Å². The predicted octanol–water partition coefficient (Wildman–Crippen LogP) is 2.36. The second-order valence-electron chi connectivity index (χ2n) is 3.84. The van der Waals surface area contributed by atoms with Crippen LogP contribution >= 0.6 is 23.4 Å². The molecule has 2 N–H and O–H groups in total. The molecule has 0 saturated carbocycles. The van der Waals surface area contributed by atoms with Crippen molar-refractivity contribution in [1.29, 1.82) is 0 Å². The summed E-state index contributed by atoms with van der Waals surface area (Å²) in [6, 6.07) is 7.19. The minimum Gasteiger partial charge on any atom is -0.363 e. The average Bonchev–Trinajstić information content (AvgIpc) is 2.84. The molecule has 0 spiro atoms. The van der Waals surface area contributed by atoms with Gasteiger partial charge >= 0.3 is 0 Å². The van der Waals surface area contributed by atoms with Gasteiger partial charge in [-0.1, -0.05) is 35.5 Å². The number of amides is 1. The third kappa shape index (κ3) is 3.40. The van der Waals surface area contributed by atoms with E-state index in [0.717, 1.165) is 18.3 Å². The minimum absolute atomic E-state index is 0.0792. The largest absolute Gasteiger partial charge is 0.363 e. The van der Waals surface area contributed by atoms with Crippen LogP contribution in [0.15, 0.2) is 29.3 Å². The van der Waals surface area contributed by atoms with E-state index in [-0.39, 0.29) is 11.2 Å². The number of carbonyl (C=O) groups excluding carboxylic acids is 1. The molecule has 18 heavy (non-hydrogen) atoms.